The molecule has 0 fully saturated rings. The first-order valence-electron chi connectivity index (χ1n) is 20.3. The molecule has 0 rings (SSSR count). The van der Waals surface area contributed by atoms with Crippen molar-refractivity contribution in [1.29, 1.82) is 0 Å². The average molecular weight is 774 g/mol. The van der Waals surface area contributed by atoms with Crippen molar-refractivity contribution in [3.8, 4) is 0 Å². The lowest BCUT2D eigenvalue weighted by Gasteiger charge is -2.14. The van der Waals surface area contributed by atoms with Gasteiger partial charge in [0.05, 0.1) is 39.6 Å². The molecule has 0 aromatic heterocycles. The number of carboxylic acid groups (broad SMARTS) is 2. The molecule has 0 saturated heterocycles. The van der Waals surface area contributed by atoms with Crippen LogP contribution in [0.1, 0.15) is 142 Å². The largest absolute Gasteiger partial charge is 0.481 e. The van der Waals surface area contributed by atoms with E-state index >= 15 is 0 Å². The van der Waals surface area contributed by atoms with Gasteiger partial charge in [0.1, 0.15) is 19.3 Å². The van der Waals surface area contributed by atoms with Gasteiger partial charge in [-0.2, -0.15) is 0 Å². The maximum atomic E-state index is 12.3. The zero-order valence-corrected chi connectivity index (χ0v) is 33.0. The Morgan fingerprint density at radius 3 is 1.37 bits per heavy atom. The molecule has 15 heteroatoms. The number of rotatable bonds is 41. The molecule has 0 unspecified atom stereocenters. The lowest BCUT2D eigenvalue weighted by molar-refractivity contribution is -0.142. The van der Waals surface area contributed by atoms with Gasteiger partial charge in [0.15, 0.2) is 5.78 Å². The molecule has 1 atom stereocenters. The van der Waals surface area contributed by atoms with Gasteiger partial charge < -0.3 is 45.1 Å². The molecule has 0 saturated carbocycles. The van der Waals surface area contributed by atoms with Gasteiger partial charge in [0.25, 0.3) is 0 Å². The van der Waals surface area contributed by atoms with E-state index in [1.54, 1.807) is 6.92 Å². The van der Waals surface area contributed by atoms with Crippen LogP contribution in [0, 0.1) is 0 Å². The first kappa shape index (κ1) is 50.9. The van der Waals surface area contributed by atoms with Gasteiger partial charge in [-0.1, -0.05) is 96.8 Å². The first-order chi connectivity index (χ1) is 26.1. The third kappa shape index (κ3) is 37.2. The average Bonchev–Trinajstić information content (AvgIpc) is 3.14. The topological polar surface area (TPSA) is 216 Å². The van der Waals surface area contributed by atoms with E-state index in [0.29, 0.717) is 39.2 Å². The number of hydrogen-bond donors (Lipinski definition) is 5. The highest BCUT2D eigenvalue weighted by molar-refractivity contribution is 5.84. The number of ether oxygens (including phenoxy) is 4. The highest BCUT2D eigenvalue weighted by atomic mass is 16.5. The van der Waals surface area contributed by atoms with E-state index in [1.807, 2.05) is 0 Å². The van der Waals surface area contributed by atoms with Crippen molar-refractivity contribution in [3.63, 3.8) is 0 Å². The van der Waals surface area contributed by atoms with Gasteiger partial charge in [-0.25, -0.2) is 4.79 Å². The fourth-order valence-corrected chi connectivity index (χ4v) is 5.39. The maximum Gasteiger partial charge on any atom is 0.326 e. The number of amides is 3. The number of nitrogens with one attached hydrogen (secondary N) is 3. The monoisotopic (exact) mass is 774 g/mol. The van der Waals surface area contributed by atoms with Gasteiger partial charge in [-0.3, -0.25) is 24.0 Å². The minimum atomic E-state index is -1.17. The van der Waals surface area contributed by atoms with Crippen LogP contribution < -0.4 is 16.0 Å². The first-order valence-corrected chi connectivity index (χ1v) is 20.3. The molecule has 0 aliphatic carbocycles. The molecule has 0 aliphatic rings. The molecule has 314 valence electrons. The summed E-state index contributed by atoms with van der Waals surface area (Å²) in [7, 11) is 0. The Labute approximate surface area is 322 Å². The summed E-state index contributed by atoms with van der Waals surface area (Å²) in [6.07, 6.45) is 18.9. The fraction of sp³-hybridized carbons (Fsp3) is 0.846. The van der Waals surface area contributed by atoms with E-state index in [4.69, 9.17) is 24.1 Å². The Hall–Kier alpha value is -3.14. The predicted octanol–water partition coefficient (Wildman–Crippen LogP) is 4.72. The molecule has 54 heavy (non-hydrogen) atoms. The van der Waals surface area contributed by atoms with E-state index in [9.17, 15) is 33.9 Å². The molecule has 0 aromatic carbocycles. The molecule has 0 spiro atoms. The van der Waals surface area contributed by atoms with Crippen molar-refractivity contribution in [2.45, 2.75) is 148 Å². The number of ketones is 1. The van der Waals surface area contributed by atoms with Crippen LogP contribution in [-0.2, 0) is 47.7 Å². The summed E-state index contributed by atoms with van der Waals surface area (Å²) in [4.78, 5) is 69.5. The number of carbonyl (C=O) groups excluding carboxylic acids is 4. The lowest BCUT2D eigenvalue weighted by Crippen LogP contribution is -2.41. The van der Waals surface area contributed by atoms with Crippen LogP contribution in [0.5, 0.6) is 0 Å². The molecule has 15 nitrogen and oxygen atoms in total. The van der Waals surface area contributed by atoms with Gasteiger partial charge in [-0.05, 0) is 19.3 Å². The van der Waals surface area contributed by atoms with E-state index in [-0.39, 0.29) is 88.8 Å². The molecule has 0 bridgehead atoms. The summed E-state index contributed by atoms with van der Waals surface area (Å²) in [5, 5.41) is 26.0. The zero-order chi connectivity index (χ0) is 39.9. The van der Waals surface area contributed by atoms with Crippen LogP contribution in [0.4, 0.5) is 0 Å². The van der Waals surface area contributed by atoms with Crippen molar-refractivity contribution in [1.82, 2.24) is 16.0 Å². The van der Waals surface area contributed by atoms with Gasteiger partial charge in [0, 0.05) is 38.8 Å². The second kappa shape index (κ2) is 38.1. The SMILES string of the molecule is CCC(=O)COCCOCCNC(=O)COCCOCCNC(=O)CC[C@H](NC(=O)CCCCCCCCCCCCCCCCCCC(=O)O)C(=O)O. The number of Topliss-reactive ketones (excluding diaryl/α,β-unsaturated/α-hetero) is 1. The van der Waals surface area contributed by atoms with Crippen LogP contribution in [0.3, 0.4) is 0 Å². The van der Waals surface area contributed by atoms with Gasteiger partial charge in [0.2, 0.25) is 17.7 Å². The van der Waals surface area contributed by atoms with E-state index in [2.05, 4.69) is 16.0 Å². The van der Waals surface area contributed by atoms with Crippen molar-refractivity contribution >= 4 is 35.4 Å². The number of unbranched alkanes of at least 4 members (excludes halogenated alkanes) is 15. The highest BCUT2D eigenvalue weighted by Gasteiger charge is 2.20. The summed E-state index contributed by atoms with van der Waals surface area (Å²) >= 11 is 0. The summed E-state index contributed by atoms with van der Waals surface area (Å²) in [5.74, 6) is -2.79. The molecule has 0 aliphatic heterocycles. The normalized spacial score (nSPS) is 11.6. The minimum Gasteiger partial charge on any atom is -0.481 e. The molecule has 5 N–H and O–H groups in total. The van der Waals surface area contributed by atoms with Crippen LogP contribution in [-0.4, -0.2) is 118 Å². The van der Waals surface area contributed by atoms with Crippen molar-refractivity contribution in [2.24, 2.45) is 0 Å². The quantitative estimate of drug-likeness (QED) is 0.0534. The van der Waals surface area contributed by atoms with E-state index < -0.39 is 18.0 Å². The molecule has 0 radical (unpaired) electrons. The highest BCUT2D eigenvalue weighted by Crippen LogP contribution is 2.14. The maximum absolute atomic E-state index is 12.3. The molecule has 3 amide bonds. The lowest BCUT2D eigenvalue weighted by atomic mass is 10.0. The molecule has 0 aromatic rings. The van der Waals surface area contributed by atoms with Crippen LogP contribution in [0.15, 0.2) is 0 Å². The van der Waals surface area contributed by atoms with Crippen LogP contribution >= 0.6 is 0 Å². The third-order valence-electron chi connectivity index (χ3n) is 8.61. The smallest absolute Gasteiger partial charge is 0.326 e. The number of aliphatic carboxylic acids is 2. The molecule has 0 heterocycles. The second-order valence-corrected chi connectivity index (χ2v) is 13.5. The van der Waals surface area contributed by atoms with Gasteiger partial charge >= 0.3 is 11.9 Å². The van der Waals surface area contributed by atoms with E-state index in [1.165, 1.54) is 57.8 Å². The van der Waals surface area contributed by atoms with Crippen molar-refractivity contribution in [3.05, 3.63) is 0 Å². The van der Waals surface area contributed by atoms with Gasteiger partial charge in [-0.15, -0.1) is 0 Å². The Kier molecular flexibility index (Phi) is 35.9. The summed E-state index contributed by atoms with van der Waals surface area (Å²) in [5.41, 5.74) is 0. The summed E-state index contributed by atoms with van der Waals surface area (Å²) in [6.45, 7) is 3.85. The fourth-order valence-electron chi connectivity index (χ4n) is 5.39. The van der Waals surface area contributed by atoms with E-state index in [0.717, 1.165) is 38.5 Å². The minimum absolute atomic E-state index is 0.0123. The third-order valence-corrected chi connectivity index (χ3v) is 8.61. The van der Waals surface area contributed by atoms with Crippen LogP contribution in [0.2, 0.25) is 0 Å². The summed E-state index contributed by atoms with van der Waals surface area (Å²) in [6, 6.07) is -1.13. The Morgan fingerprint density at radius 1 is 0.481 bits per heavy atom. The number of carboxylic acids is 2. The number of carbonyl (C=O) groups is 6. The Balaban J connectivity index is 3.64. The Morgan fingerprint density at radius 2 is 0.907 bits per heavy atom. The second-order valence-electron chi connectivity index (χ2n) is 13.5. The zero-order valence-electron chi connectivity index (χ0n) is 33.0. The summed E-state index contributed by atoms with van der Waals surface area (Å²) < 4.78 is 21.1. The van der Waals surface area contributed by atoms with Crippen LogP contribution in [0.25, 0.3) is 0 Å². The Bertz CT molecular complexity index is 998. The molecular weight excluding hydrogens is 702 g/mol. The van der Waals surface area contributed by atoms with Crippen molar-refractivity contribution in [2.75, 3.05) is 65.9 Å². The predicted molar refractivity (Wildman–Crippen MR) is 204 cm³/mol. The van der Waals surface area contributed by atoms with Crippen molar-refractivity contribution < 1.29 is 57.9 Å². The molecular formula is C39H71N3O12. The number of hydrogen-bond acceptors (Lipinski definition) is 10. The standard InChI is InChI=1S/C39H71N3O12/c1-2-33(43)31-53-29-27-52-26-24-41-37(46)32-54-30-28-51-25-23-40-35(44)22-21-34(39(49)50)42-36(45)19-17-15-13-11-9-7-5-3-4-6-8-10-12-14-16-18-20-38(47)48/h34H,2-32H2,1H3,(H,40,44)(H,41,46)(H,42,45)(H,47,48)(H,49,50)/t34-/m0/s1.